The number of carbonyl (C=O) groups is 1. The predicted molar refractivity (Wildman–Crippen MR) is 151 cm³/mol. The van der Waals surface area contributed by atoms with Crippen LogP contribution in [0, 0.1) is 11.8 Å². The maximum atomic E-state index is 12.3. The fourth-order valence-corrected chi connectivity index (χ4v) is 7.32. The van der Waals surface area contributed by atoms with Crippen LogP contribution < -0.4 is 5.32 Å². The lowest BCUT2D eigenvalue weighted by Crippen LogP contribution is -2.44. The number of nitrogens with one attached hydrogen (secondary N) is 1. The first-order valence-corrected chi connectivity index (χ1v) is 15.0. The molecule has 0 atom stereocenters. The fourth-order valence-electron chi connectivity index (χ4n) is 7.32. The van der Waals surface area contributed by atoms with E-state index in [9.17, 15) is 4.79 Å². The number of likely N-dealkylation sites (tertiary alicyclic amines) is 2. The third-order valence-electron chi connectivity index (χ3n) is 9.45. The molecule has 6 nitrogen and oxygen atoms in total. The second kappa shape index (κ2) is 12.2. The molecule has 2 saturated heterocycles. The SMILES string of the molecule is CCOC(=O)NCc1c(CN2CCCC2)c2ccccc2n1C1CCN(C2CCC(C(C)C)CC2)CC1. The Hall–Kier alpha value is -2.05. The van der Waals surface area contributed by atoms with E-state index in [2.05, 4.69) is 57.8 Å². The van der Waals surface area contributed by atoms with Crippen LogP contribution in [0.1, 0.15) is 89.4 Å². The number of rotatable bonds is 8. The lowest BCUT2D eigenvalue weighted by atomic mass is 9.79. The summed E-state index contributed by atoms with van der Waals surface area (Å²) >= 11 is 0. The molecule has 204 valence electrons. The van der Waals surface area contributed by atoms with Gasteiger partial charge in [-0.2, -0.15) is 0 Å². The van der Waals surface area contributed by atoms with E-state index >= 15 is 0 Å². The number of ether oxygens (including phenoxy) is 1. The lowest BCUT2D eigenvalue weighted by molar-refractivity contribution is 0.0888. The number of benzene rings is 1. The Morgan fingerprint density at radius 1 is 0.973 bits per heavy atom. The monoisotopic (exact) mass is 508 g/mol. The molecule has 2 aliphatic heterocycles. The fraction of sp³-hybridized carbons (Fsp3) is 0.710. The number of alkyl carbamates (subject to hydrolysis) is 1. The molecule has 1 amide bonds. The molecule has 3 aliphatic rings. The van der Waals surface area contributed by atoms with Crippen LogP contribution in [0.2, 0.25) is 0 Å². The first-order chi connectivity index (χ1) is 18.0. The predicted octanol–water partition coefficient (Wildman–Crippen LogP) is 6.33. The summed E-state index contributed by atoms with van der Waals surface area (Å²) < 4.78 is 7.82. The number of para-hydroxylation sites is 1. The molecular weight excluding hydrogens is 460 g/mol. The Kier molecular flexibility index (Phi) is 8.76. The van der Waals surface area contributed by atoms with E-state index in [-0.39, 0.29) is 6.09 Å². The molecule has 5 rings (SSSR count). The zero-order valence-electron chi connectivity index (χ0n) is 23.4. The smallest absolute Gasteiger partial charge is 0.407 e. The first kappa shape index (κ1) is 26.6. The van der Waals surface area contributed by atoms with Crippen LogP contribution in [0.15, 0.2) is 24.3 Å². The van der Waals surface area contributed by atoms with Crippen molar-refractivity contribution in [3.63, 3.8) is 0 Å². The number of carbonyl (C=O) groups excluding carboxylic acids is 1. The maximum Gasteiger partial charge on any atom is 0.407 e. The van der Waals surface area contributed by atoms with Gasteiger partial charge in [-0.3, -0.25) is 4.90 Å². The van der Waals surface area contributed by atoms with Crippen LogP contribution in [-0.2, 0) is 17.8 Å². The van der Waals surface area contributed by atoms with Gasteiger partial charge in [0.25, 0.3) is 0 Å². The molecule has 1 saturated carbocycles. The van der Waals surface area contributed by atoms with Gasteiger partial charge < -0.3 is 19.5 Å². The summed E-state index contributed by atoms with van der Waals surface area (Å²) in [5, 5.41) is 4.42. The van der Waals surface area contributed by atoms with Gasteiger partial charge in [0.2, 0.25) is 0 Å². The number of piperidine rings is 1. The van der Waals surface area contributed by atoms with Crippen molar-refractivity contribution in [2.75, 3.05) is 32.8 Å². The van der Waals surface area contributed by atoms with Crippen LogP contribution in [0.25, 0.3) is 10.9 Å². The number of hydrogen-bond acceptors (Lipinski definition) is 4. The van der Waals surface area contributed by atoms with Crippen molar-refractivity contribution in [3.05, 3.63) is 35.5 Å². The van der Waals surface area contributed by atoms with E-state index < -0.39 is 0 Å². The van der Waals surface area contributed by atoms with Gasteiger partial charge in [0.1, 0.15) is 0 Å². The molecule has 0 radical (unpaired) electrons. The molecule has 0 unspecified atom stereocenters. The highest BCUT2D eigenvalue weighted by Crippen LogP contribution is 2.38. The average molecular weight is 509 g/mol. The van der Waals surface area contributed by atoms with Crippen LogP contribution in [0.4, 0.5) is 4.79 Å². The molecule has 1 aromatic heterocycles. The number of hydrogen-bond donors (Lipinski definition) is 1. The zero-order chi connectivity index (χ0) is 25.8. The van der Waals surface area contributed by atoms with Crippen LogP contribution in [0.5, 0.6) is 0 Å². The molecule has 1 aliphatic carbocycles. The Bertz CT molecular complexity index is 1030. The zero-order valence-corrected chi connectivity index (χ0v) is 23.4. The van der Waals surface area contributed by atoms with Crippen molar-refractivity contribution >= 4 is 17.0 Å². The molecule has 1 N–H and O–H groups in total. The number of amides is 1. The van der Waals surface area contributed by atoms with Gasteiger partial charge in [0.15, 0.2) is 0 Å². The minimum atomic E-state index is -0.321. The van der Waals surface area contributed by atoms with Crippen LogP contribution in [0.3, 0.4) is 0 Å². The van der Waals surface area contributed by atoms with E-state index in [4.69, 9.17) is 4.74 Å². The van der Waals surface area contributed by atoms with Crippen molar-refractivity contribution in [1.29, 1.82) is 0 Å². The van der Waals surface area contributed by atoms with E-state index in [1.54, 1.807) is 0 Å². The Morgan fingerprint density at radius 3 is 2.35 bits per heavy atom. The average Bonchev–Trinajstić information content (AvgIpc) is 3.54. The number of nitrogens with zero attached hydrogens (tertiary/aromatic N) is 3. The number of fused-ring (bicyclic) bond motifs is 1. The summed E-state index contributed by atoms with van der Waals surface area (Å²) in [4.78, 5) is 17.7. The highest BCUT2D eigenvalue weighted by Gasteiger charge is 2.32. The molecule has 6 heteroatoms. The van der Waals surface area contributed by atoms with Gasteiger partial charge in [-0.15, -0.1) is 0 Å². The minimum Gasteiger partial charge on any atom is -0.450 e. The third kappa shape index (κ3) is 6.01. The van der Waals surface area contributed by atoms with Crippen molar-refractivity contribution in [2.45, 2.75) is 97.3 Å². The van der Waals surface area contributed by atoms with Gasteiger partial charge in [-0.25, -0.2) is 4.79 Å². The third-order valence-corrected chi connectivity index (χ3v) is 9.45. The largest absolute Gasteiger partial charge is 0.450 e. The van der Waals surface area contributed by atoms with Crippen molar-refractivity contribution < 1.29 is 9.53 Å². The standard InChI is InChI=1S/C31H48N4O2/c1-4-37-31(36)32-21-30-28(22-33-17-7-8-18-33)27-9-5-6-10-29(27)35(30)26-15-19-34(20-16-26)25-13-11-24(12-14-25)23(2)3/h5-6,9-10,23-26H,4,7-8,11-22H2,1-3H3,(H,32,36). The Balaban J connectivity index is 1.36. The molecule has 2 aromatic rings. The summed E-state index contributed by atoms with van der Waals surface area (Å²) in [5.41, 5.74) is 3.99. The van der Waals surface area contributed by atoms with Crippen molar-refractivity contribution in [3.8, 4) is 0 Å². The summed E-state index contributed by atoms with van der Waals surface area (Å²) in [6.07, 6.45) is 10.1. The Morgan fingerprint density at radius 2 is 1.68 bits per heavy atom. The molecule has 0 bridgehead atoms. The summed E-state index contributed by atoms with van der Waals surface area (Å²) in [5.74, 6) is 1.74. The highest BCUT2D eigenvalue weighted by atomic mass is 16.5. The molecule has 0 spiro atoms. The topological polar surface area (TPSA) is 49.7 Å². The Labute approximate surface area is 223 Å². The molecule has 3 fully saturated rings. The van der Waals surface area contributed by atoms with E-state index in [1.807, 2.05) is 6.92 Å². The normalized spacial score (nSPS) is 24.2. The summed E-state index contributed by atoms with van der Waals surface area (Å²) in [7, 11) is 0. The van der Waals surface area contributed by atoms with Crippen molar-refractivity contribution in [1.82, 2.24) is 19.7 Å². The van der Waals surface area contributed by atoms with Gasteiger partial charge in [-0.1, -0.05) is 32.0 Å². The second-order valence-electron chi connectivity index (χ2n) is 11.9. The lowest BCUT2D eigenvalue weighted by Gasteiger charge is -2.42. The molecule has 3 heterocycles. The summed E-state index contributed by atoms with van der Waals surface area (Å²) in [6.45, 7) is 13.2. The summed E-state index contributed by atoms with van der Waals surface area (Å²) in [6, 6.07) is 10.2. The van der Waals surface area contributed by atoms with E-state index in [0.29, 0.717) is 19.2 Å². The quantitative estimate of drug-likeness (QED) is 0.452. The minimum absolute atomic E-state index is 0.321. The number of aromatic nitrogens is 1. The van der Waals surface area contributed by atoms with E-state index in [1.165, 1.54) is 99.7 Å². The molecule has 1 aromatic carbocycles. The molecule has 37 heavy (non-hydrogen) atoms. The first-order valence-electron chi connectivity index (χ1n) is 15.0. The molecular formula is C31H48N4O2. The van der Waals surface area contributed by atoms with Gasteiger partial charge in [0, 0.05) is 48.3 Å². The maximum absolute atomic E-state index is 12.3. The van der Waals surface area contributed by atoms with Gasteiger partial charge >= 0.3 is 6.09 Å². The highest BCUT2D eigenvalue weighted by molar-refractivity contribution is 5.86. The van der Waals surface area contributed by atoms with Gasteiger partial charge in [0.05, 0.1) is 13.2 Å². The van der Waals surface area contributed by atoms with Gasteiger partial charge in [-0.05, 0) is 94.8 Å². The van der Waals surface area contributed by atoms with Crippen molar-refractivity contribution in [2.24, 2.45) is 11.8 Å². The second-order valence-corrected chi connectivity index (χ2v) is 11.9. The van der Waals surface area contributed by atoms with Crippen LogP contribution in [-0.4, -0.2) is 59.3 Å². The van der Waals surface area contributed by atoms with Crippen LogP contribution >= 0.6 is 0 Å². The van der Waals surface area contributed by atoms with E-state index in [0.717, 1.165) is 24.4 Å².